The molecule has 0 unspecified atom stereocenters. The van der Waals surface area contributed by atoms with E-state index in [-0.39, 0.29) is 68.3 Å². The molecular weight excluding hydrogens is 719 g/mol. The molecule has 0 saturated carbocycles. The Morgan fingerprint density at radius 1 is 0.276 bits per heavy atom. The average molecular weight is 719 g/mol. The smallest absolute Gasteiger partial charge is 0.759 e. The Kier molecular flexibility index (Phi) is 47.6. The Labute approximate surface area is 206 Å². The molecule has 0 aliphatic heterocycles. The molecule has 0 N–H and O–H groups in total. The van der Waals surface area contributed by atoms with E-state index in [2.05, 4.69) is 0 Å². The van der Waals surface area contributed by atoms with Crippen LogP contribution in [-0.2, 0) is 120 Å². The van der Waals surface area contributed by atoms with Gasteiger partial charge in [-0.15, -0.1) is 0 Å². The van der Waals surface area contributed by atoms with Gasteiger partial charge in [0.25, 0.3) is 0 Å². The van der Waals surface area contributed by atoms with Gasteiger partial charge in [0.05, 0.1) is 0 Å². The first kappa shape index (κ1) is 57.4. The van der Waals surface area contributed by atoms with Gasteiger partial charge in [-0.3, -0.25) is 42.1 Å². The summed E-state index contributed by atoms with van der Waals surface area (Å²) in [6.07, 6.45) is 0. The van der Waals surface area contributed by atoms with Gasteiger partial charge in [0.15, 0.2) is 0 Å². The summed E-state index contributed by atoms with van der Waals surface area (Å²) >= 11 is 0. The van der Waals surface area contributed by atoms with E-state index in [1.165, 1.54) is 0 Å². The van der Waals surface area contributed by atoms with Crippen LogP contribution in [0.4, 0.5) is 0 Å². The molecule has 0 aliphatic rings. The van der Waals surface area contributed by atoms with Crippen LogP contribution in [0.1, 0.15) is 0 Å². The summed E-state index contributed by atoms with van der Waals surface area (Å²) in [7, 11) is -25.8. The molecule has 0 atom stereocenters. The summed E-state index contributed by atoms with van der Waals surface area (Å²) in [5, 5.41) is 0. The molecule has 0 amide bonds. The number of hydrogen-bond acceptors (Lipinski definition) is 20. The molecule has 0 aromatic rings. The Hall–Kier alpha value is 1.43. The van der Waals surface area contributed by atoms with Gasteiger partial charge in [0.1, 0.15) is 0 Å². The zero-order chi connectivity index (χ0) is 22.5. The first-order valence-electron chi connectivity index (χ1n) is 3.33. The SMILES string of the molecule is O=S(=O)([O-])[O-].O=S(=O)([O-])[O-].O=S(=O)([O-])[O-].O=S(=O)([O-])[O-].O=S(=O)([O-])[O-].[Cu+2].[Cu+2].[Fe+3].[Fe+3]. The number of rotatable bonds is 0. The van der Waals surface area contributed by atoms with Crippen molar-refractivity contribution in [1.29, 1.82) is 0 Å². The Morgan fingerprint density at radius 2 is 0.276 bits per heavy atom. The van der Waals surface area contributed by atoms with Crippen molar-refractivity contribution in [1.82, 2.24) is 0 Å². The van der Waals surface area contributed by atoms with Crippen LogP contribution in [0.25, 0.3) is 0 Å². The summed E-state index contributed by atoms with van der Waals surface area (Å²) in [6.45, 7) is 0. The van der Waals surface area contributed by atoms with E-state index in [4.69, 9.17) is 87.6 Å². The normalized spacial score (nSPS) is 10.0. The van der Waals surface area contributed by atoms with E-state index < -0.39 is 52.0 Å². The van der Waals surface area contributed by atoms with E-state index >= 15 is 0 Å². The third kappa shape index (κ3) is 10900. The maximum absolute atomic E-state index is 8.52. The van der Waals surface area contributed by atoms with Crippen LogP contribution < -0.4 is 0 Å². The first-order chi connectivity index (χ1) is 10.0. The summed E-state index contributed by atoms with van der Waals surface area (Å²) in [4.78, 5) is 0. The summed E-state index contributed by atoms with van der Waals surface area (Å²) in [5.74, 6) is 0. The fourth-order valence-electron chi connectivity index (χ4n) is 0. The third-order valence-corrected chi connectivity index (χ3v) is 0. The third-order valence-electron chi connectivity index (χ3n) is 0. The predicted octanol–water partition coefficient (Wildman–Crippen LogP) is -6.70. The minimum Gasteiger partial charge on any atom is -0.759 e. The molecule has 188 valence electrons. The van der Waals surface area contributed by atoms with Crippen LogP contribution >= 0.6 is 0 Å². The quantitative estimate of drug-likeness (QED) is 0.127. The molecule has 0 aromatic heterocycles. The van der Waals surface area contributed by atoms with Crippen molar-refractivity contribution in [3.05, 3.63) is 0 Å². The van der Waals surface area contributed by atoms with Gasteiger partial charge in [0, 0.05) is 52.0 Å². The van der Waals surface area contributed by atoms with Gasteiger partial charge >= 0.3 is 68.3 Å². The molecule has 0 aliphatic carbocycles. The molecule has 0 fully saturated rings. The molecule has 20 nitrogen and oxygen atoms in total. The van der Waals surface area contributed by atoms with Gasteiger partial charge in [-0.1, -0.05) is 0 Å². The topological polar surface area (TPSA) is 401 Å². The predicted molar refractivity (Wildman–Crippen MR) is 52.4 cm³/mol. The number of hydrogen-bond donors (Lipinski definition) is 0. The van der Waals surface area contributed by atoms with Crippen LogP contribution in [0.2, 0.25) is 0 Å². The van der Waals surface area contributed by atoms with Crippen molar-refractivity contribution in [3.8, 4) is 0 Å². The molecule has 29 heavy (non-hydrogen) atoms. The maximum Gasteiger partial charge on any atom is 3.00 e. The minimum atomic E-state index is -5.17. The zero-order valence-corrected chi connectivity index (χ0v) is 19.7. The Balaban J connectivity index is -0.0000000238. The van der Waals surface area contributed by atoms with Crippen molar-refractivity contribution in [3.63, 3.8) is 0 Å². The monoisotopic (exact) mass is 717 g/mol. The second-order valence-corrected chi connectivity index (χ2v) is 6.12. The van der Waals surface area contributed by atoms with E-state index in [1.54, 1.807) is 0 Å². The van der Waals surface area contributed by atoms with Crippen molar-refractivity contribution >= 4 is 52.0 Å². The molecule has 0 heterocycles. The van der Waals surface area contributed by atoms with E-state index in [1.807, 2.05) is 0 Å². The standard InChI is InChI=1S/2Cu.2Fe.5H2O4S/c;;;;5*1-5(2,3)4/h;;;;5*(H2,1,2,3,4)/q2*+2;2*+3;;;;;/p-10. The fraction of sp³-hybridized carbons (Fsp3) is 0. The molecule has 0 spiro atoms. The average Bonchev–Trinajstić information content (AvgIpc) is 1.79. The molecule has 0 rings (SSSR count). The zero-order valence-electron chi connectivity index (χ0n) is 11.5. The van der Waals surface area contributed by atoms with Crippen molar-refractivity contribution in [2.45, 2.75) is 0 Å². The van der Waals surface area contributed by atoms with Crippen molar-refractivity contribution in [2.75, 3.05) is 0 Å². The van der Waals surface area contributed by atoms with Crippen LogP contribution in [0, 0.1) is 0 Å². The summed E-state index contributed by atoms with van der Waals surface area (Å²) < 4.78 is 170. The fourth-order valence-corrected chi connectivity index (χ4v) is 0. The Bertz CT molecular complexity index is 629. The molecule has 0 bridgehead atoms. The molecule has 29 heteroatoms. The first-order valence-corrected chi connectivity index (χ1v) is 10.0. The van der Waals surface area contributed by atoms with Crippen LogP contribution in [0.15, 0.2) is 0 Å². The Morgan fingerprint density at radius 3 is 0.276 bits per heavy atom. The molecular formula is Cu2Fe2O20S5. The molecule has 4 radical (unpaired) electrons. The van der Waals surface area contributed by atoms with Crippen molar-refractivity contribution in [2.24, 2.45) is 0 Å². The van der Waals surface area contributed by atoms with Crippen LogP contribution in [-0.4, -0.2) is 87.6 Å². The van der Waals surface area contributed by atoms with Gasteiger partial charge in [0.2, 0.25) is 0 Å². The van der Waals surface area contributed by atoms with Gasteiger partial charge in [-0.2, -0.15) is 0 Å². The summed E-state index contributed by atoms with van der Waals surface area (Å²) in [5.41, 5.74) is 0. The second kappa shape index (κ2) is 24.1. The van der Waals surface area contributed by atoms with Gasteiger partial charge < -0.3 is 45.5 Å². The molecule has 0 saturated heterocycles. The maximum atomic E-state index is 8.52. The van der Waals surface area contributed by atoms with Crippen LogP contribution in [0.3, 0.4) is 0 Å². The van der Waals surface area contributed by atoms with E-state index in [0.29, 0.717) is 0 Å². The van der Waals surface area contributed by atoms with Crippen molar-refractivity contribution < 1.29 is 156 Å². The van der Waals surface area contributed by atoms with E-state index in [9.17, 15) is 0 Å². The van der Waals surface area contributed by atoms with Gasteiger partial charge in [-0.05, 0) is 0 Å². The molecule has 0 aromatic carbocycles. The largest absolute Gasteiger partial charge is 3.00 e. The van der Waals surface area contributed by atoms with Gasteiger partial charge in [-0.25, -0.2) is 0 Å². The minimum absolute atomic E-state index is 0. The van der Waals surface area contributed by atoms with Crippen LogP contribution in [0.5, 0.6) is 0 Å². The van der Waals surface area contributed by atoms with E-state index in [0.717, 1.165) is 0 Å². The second-order valence-electron chi connectivity index (χ2n) is 2.04. The summed E-state index contributed by atoms with van der Waals surface area (Å²) in [6, 6.07) is 0.